The van der Waals surface area contributed by atoms with Crippen LogP contribution in [0.1, 0.15) is 68.9 Å². The molecule has 166 valence electrons. The van der Waals surface area contributed by atoms with Crippen LogP contribution in [0.25, 0.3) is 27.5 Å². The standard InChI is InChI=1S/C15H24N.C15H10N/c2*1-2-6-11-10(5-1)9-13-12-7-3-4-8-14(12)16-15(11)13/h10-15H,1-9H2;1-8H,9H2/q2*-1. The van der Waals surface area contributed by atoms with Gasteiger partial charge in [0.25, 0.3) is 0 Å². The zero-order valence-electron chi connectivity index (χ0n) is 19.0. The fraction of sp³-hybridized carbons (Fsp3) is 0.533. The van der Waals surface area contributed by atoms with Crippen molar-refractivity contribution in [3.8, 4) is 11.3 Å². The molecule has 1 saturated heterocycles. The second-order valence-electron chi connectivity index (χ2n) is 11.1. The summed E-state index contributed by atoms with van der Waals surface area (Å²) in [7, 11) is 0. The van der Waals surface area contributed by atoms with Gasteiger partial charge in [0.15, 0.2) is 0 Å². The third kappa shape index (κ3) is 3.02. The maximum absolute atomic E-state index is 5.26. The second kappa shape index (κ2) is 7.76. The molecule has 0 bridgehead atoms. The van der Waals surface area contributed by atoms with Crippen LogP contribution in [-0.4, -0.2) is 12.1 Å². The molecule has 1 aliphatic heterocycles. The van der Waals surface area contributed by atoms with E-state index in [1.807, 2.05) is 0 Å². The number of nitrogens with zero attached hydrogens (tertiary/aromatic N) is 2. The number of aromatic nitrogens is 1. The lowest BCUT2D eigenvalue weighted by Gasteiger charge is -2.40. The highest BCUT2D eigenvalue weighted by atomic mass is 15.0. The maximum atomic E-state index is 5.26. The van der Waals surface area contributed by atoms with Crippen molar-refractivity contribution in [2.24, 2.45) is 23.7 Å². The van der Waals surface area contributed by atoms with Crippen molar-refractivity contribution in [1.82, 2.24) is 4.98 Å². The summed E-state index contributed by atoms with van der Waals surface area (Å²) < 4.78 is 0. The Balaban J connectivity index is 0.000000113. The van der Waals surface area contributed by atoms with Crippen molar-refractivity contribution in [2.75, 3.05) is 0 Å². The van der Waals surface area contributed by atoms with Crippen LogP contribution in [0.15, 0.2) is 48.5 Å². The van der Waals surface area contributed by atoms with Crippen molar-refractivity contribution in [3.05, 3.63) is 65.0 Å². The average molecular weight is 423 g/mol. The Hall–Kier alpha value is -2.06. The zero-order valence-corrected chi connectivity index (χ0v) is 19.0. The smallest absolute Gasteiger partial charge is 0.00267 e. The van der Waals surface area contributed by atoms with Crippen LogP contribution < -0.4 is 4.98 Å². The highest BCUT2D eigenvalue weighted by Gasteiger charge is 2.47. The Labute approximate surface area is 192 Å². The van der Waals surface area contributed by atoms with Gasteiger partial charge in [0.2, 0.25) is 0 Å². The van der Waals surface area contributed by atoms with E-state index in [1.165, 1.54) is 79.1 Å². The lowest BCUT2D eigenvalue weighted by atomic mass is 9.78. The van der Waals surface area contributed by atoms with Crippen molar-refractivity contribution < 1.29 is 0 Å². The van der Waals surface area contributed by atoms with Crippen molar-refractivity contribution >= 4 is 10.9 Å². The molecular formula is C30H34N2-2. The normalized spacial score (nSPS) is 34.1. The molecule has 3 saturated carbocycles. The maximum Gasteiger partial charge on any atom is -0.00267 e. The minimum atomic E-state index is 0.798. The molecule has 0 radical (unpaired) electrons. The van der Waals surface area contributed by atoms with E-state index in [0.29, 0.717) is 0 Å². The van der Waals surface area contributed by atoms with E-state index in [9.17, 15) is 0 Å². The first kappa shape index (κ1) is 19.4. The third-order valence-electron chi connectivity index (χ3n) is 9.50. The number of hydrogen-bond acceptors (Lipinski definition) is 0. The molecule has 1 aromatic heterocycles. The Bertz CT molecular complexity index is 1100. The highest BCUT2D eigenvalue weighted by Crippen LogP contribution is 2.58. The van der Waals surface area contributed by atoms with Gasteiger partial charge in [-0.25, -0.2) is 0 Å². The summed E-state index contributed by atoms with van der Waals surface area (Å²) in [6.07, 6.45) is 14.5. The molecule has 2 aromatic carbocycles. The number of hydrogen-bond donors (Lipinski definition) is 0. The minimum Gasteiger partial charge on any atom is -0.657 e. The first-order chi connectivity index (χ1) is 15.9. The molecule has 3 aromatic rings. The van der Waals surface area contributed by atoms with E-state index in [4.69, 9.17) is 10.3 Å². The molecule has 0 amide bonds. The Morgan fingerprint density at radius 3 is 2.47 bits per heavy atom. The molecule has 0 spiro atoms. The van der Waals surface area contributed by atoms with Gasteiger partial charge < -0.3 is 10.3 Å². The lowest BCUT2D eigenvalue weighted by Crippen LogP contribution is -2.23. The van der Waals surface area contributed by atoms with Crippen LogP contribution in [-0.2, 0) is 6.42 Å². The van der Waals surface area contributed by atoms with E-state index in [2.05, 4.69) is 48.5 Å². The quantitative estimate of drug-likeness (QED) is 0.288. The number of rotatable bonds is 0. The van der Waals surface area contributed by atoms with Gasteiger partial charge in [-0.15, -0.1) is 23.3 Å². The Morgan fingerprint density at radius 1 is 0.719 bits per heavy atom. The average Bonchev–Trinajstić information content (AvgIpc) is 3.57. The molecule has 2 nitrogen and oxygen atoms in total. The molecule has 2 heteroatoms. The first-order valence-corrected chi connectivity index (χ1v) is 13.2. The third-order valence-corrected chi connectivity index (χ3v) is 9.50. The summed E-state index contributed by atoms with van der Waals surface area (Å²) in [5.74, 6) is 4.14. The fourth-order valence-corrected chi connectivity index (χ4v) is 8.12. The molecular weight excluding hydrogens is 388 g/mol. The monoisotopic (exact) mass is 422 g/mol. The van der Waals surface area contributed by atoms with E-state index in [0.717, 1.165) is 47.7 Å². The predicted octanol–water partition coefficient (Wildman–Crippen LogP) is 7.50. The van der Waals surface area contributed by atoms with Crippen molar-refractivity contribution in [1.29, 1.82) is 0 Å². The molecule has 32 heavy (non-hydrogen) atoms. The molecule has 4 aliphatic carbocycles. The fourth-order valence-electron chi connectivity index (χ4n) is 8.12. The Morgan fingerprint density at radius 2 is 1.50 bits per heavy atom. The molecule has 0 N–H and O–H groups in total. The topological polar surface area (TPSA) is 28.2 Å². The van der Waals surface area contributed by atoms with Gasteiger partial charge in [-0.2, -0.15) is 0 Å². The van der Waals surface area contributed by atoms with Crippen LogP contribution in [0.4, 0.5) is 0 Å². The summed E-state index contributed by atoms with van der Waals surface area (Å²) in [4.78, 5) is 4.73. The number of para-hydroxylation sites is 1. The highest BCUT2D eigenvalue weighted by molar-refractivity contribution is 5.94. The van der Waals surface area contributed by atoms with Gasteiger partial charge in [-0.3, -0.25) is 0 Å². The van der Waals surface area contributed by atoms with Gasteiger partial charge in [0.1, 0.15) is 0 Å². The van der Waals surface area contributed by atoms with Gasteiger partial charge >= 0.3 is 0 Å². The second-order valence-corrected chi connectivity index (χ2v) is 11.1. The summed E-state index contributed by atoms with van der Waals surface area (Å²) in [6.45, 7) is 0. The predicted molar refractivity (Wildman–Crippen MR) is 132 cm³/mol. The number of fused-ring (bicyclic) bond motifs is 10. The summed E-state index contributed by atoms with van der Waals surface area (Å²) in [5, 5.41) is 6.57. The van der Waals surface area contributed by atoms with Crippen LogP contribution in [0.2, 0.25) is 0 Å². The van der Waals surface area contributed by atoms with Crippen LogP contribution in [0.3, 0.4) is 0 Å². The first-order valence-electron chi connectivity index (χ1n) is 13.2. The molecule has 8 rings (SSSR count). The summed E-state index contributed by atoms with van der Waals surface area (Å²) in [5.41, 5.74) is 6.44. The molecule has 6 unspecified atom stereocenters. The number of benzene rings is 2. The van der Waals surface area contributed by atoms with Crippen molar-refractivity contribution in [3.63, 3.8) is 0 Å². The molecule has 5 aliphatic rings. The van der Waals surface area contributed by atoms with E-state index in [1.54, 1.807) is 6.42 Å². The summed E-state index contributed by atoms with van der Waals surface area (Å²) in [6, 6.07) is 18.6. The molecule has 2 heterocycles. The van der Waals surface area contributed by atoms with Crippen LogP contribution >= 0.6 is 0 Å². The van der Waals surface area contributed by atoms with Crippen LogP contribution in [0, 0.1) is 23.7 Å². The summed E-state index contributed by atoms with van der Waals surface area (Å²) >= 11 is 0. The van der Waals surface area contributed by atoms with E-state index >= 15 is 0 Å². The van der Waals surface area contributed by atoms with Gasteiger partial charge in [0, 0.05) is 0 Å². The SMILES string of the molecule is C1CCC2C(C1)CC1C3CCCCC3[N-]C21.c1ccc2c(c1)Cc1c-2[n-]c2ccccc12. The van der Waals surface area contributed by atoms with E-state index < -0.39 is 0 Å². The molecule has 4 fully saturated rings. The van der Waals surface area contributed by atoms with Crippen LogP contribution in [0.5, 0.6) is 0 Å². The van der Waals surface area contributed by atoms with E-state index in [-0.39, 0.29) is 0 Å². The Kier molecular flexibility index (Phi) is 4.71. The minimum absolute atomic E-state index is 0.798. The molecule has 6 atom stereocenters. The lowest BCUT2D eigenvalue weighted by molar-refractivity contribution is 0.252. The zero-order chi connectivity index (χ0) is 21.1. The van der Waals surface area contributed by atoms with Gasteiger partial charge in [-0.05, 0) is 35.3 Å². The van der Waals surface area contributed by atoms with Crippen molar-refractivity contribution in [2.45, 2.75) is 76.3 Å². The van der Waals surface area contributed by atoms with Gasteiger partial charge in [0.05, 0.1) is 0 Å². The largest absolute Gasteiger partial charge is 0.657 e. The van der Waals surface area contributed by atoms with Gasteiger partial charge in [-0.1, -0.05) is 123 Å².